The van der Waals surface area contributed by atoms with Crippen molar-refractivity contribution in [2.24, 2.45) is 0 Å². The lowest BCUT2D eigenvalue weighted by molar-refractivity contribution is 0.488. The fourth-order valence-electron chi connectivity index (χ4n) is 15.8. The number of ether oxygens (including phenoxy) is 1. The first-order valence-corrected chi connectivity index (χ1v) is 33.8. The Morgan fingerprint density at radius 1 is 0.277 bits per heavy atom. The molecule has 6 nitrogen and oxygen atoms in total. The summed E-state index contributed by atoms with van der Waals surface area (Å²) in [4.78, 5) is 12.5. The maximum atomic E-state index is 7.86. The van der Waals surface area contributed by atoms with Gasteiger partial charge in [0.1, 0.15) is 11.5 Å². The van der Waals surface area contributed by atoms with E-state index in [1.807, 2.05) is 22.7 Å². The Labute approximate surface area is 553 Å². The van der Waals surface area contributed by atoms with E-state index in [1.165, 1.54) is 62.2 Å². The highest BCUT2D eigenvalue weighted by Gasteiger charge is 2.48. The first-order valence-electron chi connectivity index (χ1n) is 32.1. The highest BCUT2D eigenvalue weighted by molar-refractivity contribution is 7.26. The van der Waals surface area contributed by atoms with Crippen molar-refractivity contribution in [1.82, 2.24) is 0 Å². The van der Waals surface area contributed by atoms with Gasteiger partial charge in [-0.05, 0) is 154 Å². The maximum absolute atomic E-state index is 7.86. The number of benzene rings is 14. The van der Waals surface area contributed by atoms with Gasteiger partial charge in [0, 0.05) is 110 Å². The van der Waals surface area contributed by atoms with Gasteiger partial charge in [0.05, 0.1) is 27.4 Å². The zero-order valence-corrected chi connectivity index (χ0v) is 52.3. The highest BCUT2D eigenvalue weighted by atomic mass is 32.1. The summed E-state index contributed by atoms with van der Waals surface area (Å²) in [5, 5.41) is 5.01. The molecule has 16 aromatic rings. The molecule has 0 fully saturated rings. The van der Waals surface area contributed by atoms with Gasteiger partial charge in [0.2, 0.25) is 0 Å². The van der Waals surface area contributed by atoms with Crippen molar-refractivity contribution >= 4 is 195 Å². The SMILES string of the molecule is c1ccc(N(c2ccccc2)c2cc3c4c(c2)N(c2cccc5sc6ccccc6c25)c2ccccc2B4c2cc4c(cc2N3c2ccccc2)Oc2cc(N(c3ccccc3)c3cccc5c3sc3ccccc35)cc3c2B4c2ccccc2N3c2ccccc2)cc1. The van der Waals surface area contributed by atoms with E-state index in [1.54, 1.807) is 0 Å². The van der Waals surface area contributed by atoms with Crippen molar-refractivity contribution < 1.29 is 4.74 Å². The summed E-state index contributed by atoms with van der Waals surface area (Å²) >= 11 is 3.71. The third kappa shape index (κ3) is 7.97. The van der Waals surface area contributed by atoms with Gasteiger partial charge in [-0.2, -0.15) is 0 Å². The fraction of sp³-hybridized carbons (Fsp3) is 0. The Kier molecular flexibility index (Phi) is 11.9. The maximum Gasteiger partial charge on any atom is 0.256 e. The molecule has 20 rings (SSSR count). The van der Waals surface area contributed by atoms with Gasteiger partial charge < -0.3 is 29.2 Å². The number of para-hydroxylation sites is 7. The third-order valence-corrected chi connectivity index (χ3v) is 21.9. The monoisotopic (exact) mass is 1230 g/mol. The van der Waals surface area contributed by atoms with Crippen LogP contribution in [0.4, 0.5) is 85.3 Å². The van der Waals surface area contributed by atoms with Crippen LogP contribution in [0.5, 0.6) is 11.5 Å². The molecule has 0 spiro atoms. The van der Waals surface area contributed by atoms with Crippen LogP contribution in [0.3, 0.4) is 0 Å². The first-order chi connectivity index (χ1) is 46.7. The van der Waals surface area contributed by atoms with E-state index in [9.17, 15) is 0 Å². The molecule has 438 valence electrons. The van der Waals surface area contributed by atoms with Gasteiger partial charge >= 0.3 is 0 Å². The second-order valence-corrected chi connectivity index (χ2v) is 26.8. The Bertz CT molecular complexity index is 5690. The van der Waals surface area contributed by atoms with Crippen molar-refractivity contribution in [3.8, 4) is 11.5 Å². The van der Waals surface area contributed by atoms with Crippen molar-refractivity contribution in [3.63, 3.8) is 0 Å². The summed E-state index contributed by atoms with van der Waals surface area (Å²) in [7, 11) is 0. The zero-order valence-electron chi connectivity index (χ0n) is 50.7. The lowest BCUT2D eigenvalue weighted by Gasteiger charge is -2.46. The van der Waals surface area contributed by atoms with Crippen LogP contribution in [0.1, 0.15) is 0 Å². The summed E-state index contributed by atoms with van der Waals surface area (Å²) in [6, 6.07) is 119. The van der Waals surface area contributed by atoms with Crippen molar-refractivity contribution in [3.05, 3.63) is 322 Å². The third-order valence-electron chi connectivity index (χ3n) is 19.6. The summed E-state index contributed by atoms with van der Waals surface area (Å²) < 4.78 is 12.9. The first kappa shape index (κ1) is 53.1. The average Bonchev–Trinajstić information content (AvgIpc) is 0.830. The van der Waals surface area contributed by atoms with E-state index in [2.05, 4.69) is 346 Å². The summed E-state index contributed by atoms with van der Waals surface area (Å²) in [5.41, 5.74) is 23.5. The molecule has 0 bridgehead atoms. The minimum absolute atomic E-state index is 0.189. The molecule has 0 radical (unpaired) electrons. The average molecular weight is 1230 g/mol. The van der Waals surface area contributed by atoms with Crippen LogP contribution < -0.4 is 62.0 Å². The molecule has 0 saturated carbocycles. The molecule has 6 heterocycles. The molecule has 0 saturated heterocycles. The molecule has 2 aromatic heterocycles. The van der Waals surface area contributed by atoms with Crippen molar-refractivity contribution in [1.29, 1.82) is 0 Å². The topological polar surface area (TPSA) is 25.4 Å². The van der Waals surface area contributed by atoms with Crippen LogP contribution in [0.15, 0.2) is 322 Å². The smallest absolute Gasteiger partial charge is 0.256 e. The predicted molar refractivity (Wildman–Crippen MR) is 401 cm³/mol. The molecule has 10 heteroatoms. The Balaban J connectivity index is 0.868. The molecule has 0 atom stereocenters. The minimum atomic E-state index is -0.195. The number of thiophene rings is 2. The number of hydrogen-bond donors (Lipinski definition) is 0. The van der Waals surface area contributed by atoms with Crippen LogP contribution in [0.25, 0.3) is 40.3 Å². The molecular weight excluding hydrogens is 1180 g/mol. The second-order valence-electron chi connectivity index (χ2n) is 24.7. The van der Waals surface area contributed by atoms with Gasteiger partial charge in [0.25, 0.3) is 13.4 Å². The van der Waals surface area contributed by atoms with E-state index in [-0.39, 0.29) is 13.4 Å². The predicted octanol–water partition coefficient (Wildman–Crippen LogP) is 19.8. The Hall–Kier alpha value is -11.6. The molecule has 0 unspecified atom stereocenters. The van der Waals surface area contributed by atoms with E-state index in [0.29, 0.717) is 0 Å². The van der Waals surface area contributed by atoms with E-state index >= 15 is 0 Å². The summed E-state index contributed by atoms with van der Waals surface area (Å²) in [6.07, 6.45) is 0. The van der Waals surface area contributed by atoms with Crippen LogP contribution >= 0.6 is 22.7 Å². The van der Waals surface area contributed by atoms with E-state index in [0.717, 1.165) is 108 Å². The van der Waals surface area contributed by atoms with Crippen LogP contribution in [0, 0.1) is 0 Å². The molecule has 4 aliphatic rings. The Morgan fingerprint density at radius 2 is 0.745 bits per heavy atom. The number of nitrogens with zero attached hydrogens (tertiary/aromatic N) is 5. The Morgan fingerprint density at radius 3 is 1.40 bits per heavy atom. The molecule has 0 aliphatic carbocycles. The second kappa shape index (κ2) is 21.0. The van der Waals surface area contributed by atoms with E-state index < -0.39 is 0 Å². The standard InChI is InChI=1S/C84H53B2N5OS2/c1-6-26-54(27-7-1)87(55-28-8-2-9-29-55)59-48-73-82-74(49-59)91(70-43-25-47-80-81(70)63-37-17-23-46-79(63)93-80)69-42-21-19-40-65(69)85(82)66-52-67-76(53-72(66)90(73)58-34-14-5-15-35-58)92-77-51-60(50-75-83(77)86(67)64-39-18-20-41-68(64)89(75)57-32-12-4-13-33-57)88(56-30-10-3-11-31-56)71-44-24-38-62-61-36-16-22-45-78(61)94-84(62)71/h1-53H. The molecule has 94 heavy (non-hydrogen) atoms. The van der Waals surface area contributed by atoms with Crippen molar-refractivity contribution in [2.75, 3.05) is 24.5 Å². The lowest BCUT2D eigenvalue weighted by Crippen LogP contribution is -2.64. The van der Waals surface area contributed by atoms with Crippen LogP contribution in [0.2, 0.25) is 0 Å². The molecule has 0 amide bonds. The van der Waals surface area contributed by atoms with Gasteiger partial charge in [0.15, 0.2) is 0 Å². The van der Waals surface area contributed by atoms with Gasteiger partial charge in [-0.15, -0.1) is 22.7 Å². The van der Waals surface area contributed by atoms with Crippen LogP contribution in [-0.4, -0.2) is 13.4 Å². The van der Waals surface area contributed by atoms with Gasteiger partial charge in [-0.1, -0.05) is 188 Å². The highest BCUT2D eigenvalue weighted by Crippen LogP contribution is 2.54. The quantitative estimate of drug-likeness (QED) is 0.134. The molecular formula is C84H53B2N5OS2. The minimum Gasteiger partial charge on any atom is -0.458 e. The number of rotatable bonds is 9. The largest absolute Gasteiger partial charge is 0.458 e. The molecule has 4 aliphatic heterocycles. The van der Waals surface area contributed by atoms with E-state index in [4.69, 9.17) is 4.74 Å². The number of hydrogen-bond acceptors (Lipinski definition) is 8. The molecule has 0 N–H and O–H groups in total. The normalized spacial score (nSPS) is 13.1. The fourth-order valence-corrected chi connectivity index (χ4v) is 18.1. The zero-order chi connectivity index (χ0) is 61.5. The van der Waals surface area contributed by atoms with Gasteiger partial charge in [-0.25, -0.2) is 0 Å². The number of anilines is 15. The number of fused-ring (bicyclic) bond motifs is 14. The van der Waals surface area contributed by atoms with Crippen LogP contribution in [-0.2, 0) is 0 Å². The lowest BCUT2D eigenvalue weighted by atomic mass is 9.30. The summed E-state index contributed by atoms with van der Waals surface area (Å²) in [6.45, 7) is -0.384. The molecule has 14 aromatic carbocycles. The summed E-state index contributed by atoms with van der Waals surface area (Å²) in [5.74, 6) is 1.66. The van der Waals surface area contributed by atoms with Gasteiger partial charge in [-0.3, -0.25) is 0 Å². The van der Waals surface area contributed by atoms with Crippen molar-refractivity contribution in [2.45, 2.75) is 0 Å².